The molecular weight excluding hydrogens is 260 g/mol. The van der Waals surface area contributed by atoms with Crippen molar-refractivity contribution in [2.75, 3.05) is 5.32 Å². The first-order valence-corrected chi connectivity index (χ1v) is 6.90. The van der Waals surface area contributed by atoms with Gasteiger partial charge < -0.3 is 10.4 Å². The van der Waals surface area contributed by atoms with Gasteiger partial charge in [-0.1, -0.05) is 36.0 Å². The Bertz CT molecular complexity index is 620. The van der Waals surface area contributed by atoms with Crippen molar-refractivity contribution in [1.82, 2.24) is 4.98 Å². The third-order valence-corrected chi connectivity index (χ3v) is 3.85. The Hall–Kier alpha value is -1.88. The molecule has 2 rings (SSSR count). The normalized spacial score (nSPS) is 10.5. The molecule has 19 heavy (non-hydrogen) atoms. The zero-order valence-electron chi connectivity index (χ0n) is 11.2. The van der Waals surface area contributed by atoms with E-state index < -0.39 is 5.97 Å². The molecule has 100 valence electrons. The minimum atomic E-state index is -0.914. The maximum atomic E-state index is 11.1. The molecule has 0 fully saturated rings. The number of aryl methyl sites for hydroxylation is 3. The van der Waals surface area contributed by atoms with Gasteiger partial charge >= 0.3 is 5.97 Å². The predicted molar refractivity (Wildman–Crippen MR) is 77.7 cm³/mol. The number of carbonyl (C=O) groups is 1. The lowest BCUT2D eigenvalue weighted by atomic mass is 10.1. The third-order valence-electron chi connectivity index (χ3n) is 2.85. The average molecular weight is 276 g/mol. The van der Waals surface area contributed by atoms with E-state index in [0.29, 0.717) is 22.1 Å². The predicted octanol–water partition coefficient (Wildman–Crippen LogP) is 3.76. The Morgan fingerprint density at radius 3 is 2.68 bits per heavy atom. The number of carboxylic acid groups (broad SMARTS) is 1. The molecule has 0 unspecified atom stereocenters. The summed E-state index contributed by atoms with van der Waals surface area (Å²) in [6.45, 7) is 5.96. The quantitative estimate of drug-likeness (QED) is 0.892. The van der Waals surface area contributed by atoms with E-state index in [1.807, 2.05) is 32.9 Å². The zero-order chi connectivity index (χ0) is 14.0. The molecule has 1 aromatic heterocycles. The molecule has 0 radical (unpaired) electrons. The van der Waals surface area contributed by atoms with Gasteiger partial charge in [-0.2, -0.15) is 0 Å². The molecule has 0 aliphatic heterocycles. The smallest absolute Gasteiger partial charge is 0.347 e. The zero-order valence-corrected chi connectivity index (χ0v) is 12.0. The fraction of sp³-hybridized carbons (Fsp3) is 0.286. The second-order valence-corrected chi connectivity index (χ2v) is 5.40. The summed E-state index contributed by atoms with van der Waals surface area (Å²) in [6, 6.07) is 6.08. The van der Waals surface area contributed by atoms with Crippen molar-refractivity contribution in [3.63, 3.8) is 0 Å². The van der Waals surface area contributed by atoms with Crippen LogP contribution >= 0.6 is 11.3 Å². The van der Waals surface area contributed by atoms with E-state index >= 15 is 0 Å². The summed E-state index contributed by atoms with van der Waals surface area (Å²) in [7, 11) is 0. The van der Waals surface area contributed by atoms with Gasteiger partial charge in [0.05, 0.1) is 5.69 Å². The molecule has 0 aliphatic carbocycles. The number of rotatable bonds is 4. The second-order valence-electron chi connectivity index (χ2n) is 4.40. The first-order valence-electron chi connectivity index (χ1n) is 6.08. The van der Waals surface area contributed by atoms with Crippen LogP contribution in [-0.2, 0) is 6.42 Å². The van der Waals surface area contributed by atoms with Crippen LogP contribution in [0.2, 0.25) is 0 Å². The first kappa shape index (κ1) is 13.5. The third kappa shape index (κ3) is 2.93. The Kier molecular flexibility index (Phi) is 3.85. The fourth-order valence-corrected chi connectivity index (χ4v) is 2.79. The van der Waals surface area contributed by atoms with Crippen LogP contribution < -0.4 is 5.32 Å². The van der Waals surface area contributed by atoms with E-state index in [-0.39, 0.29) is 0 Å². The number of benzene rings is 1. The molecule has 0 saturated heterocycles. The van der Waals surface area contributed by atoms with Crippen LogP contribution in [0.4, 0.5) is 10.8 Å². The van der Waals surface area contributed by atoms with E-state index in [0.717, 1.165) is 11.3 Å². The summed E-state index contributed by atoms with van der Waals surface area (Å²) in [6.07, 6.45) is 0.618. The van der Waals surface area contributed by atoms with Crippen molar-refractivity contribution < 1.29 is 9.90 Å². The molecule has 4 nitrogen and oxygen atoms in total. The monoisotopic (exact) mass is 276 g/mol. The van der Waals surface area contributed by atoms with Crippen LogP contribution in [0.1, 0.15) is 33.4 Å². The van der Waals surface area contributed by atoms with Crippen LogP contribution in [0.5, 0.6) is 0 Å². The molecule has 0 aliphatic rings. The molecule has 5 heteroatoms. The topological polar surface area (TPSA) is 62.2 Å². The van der Waals surface area contributed by atoms with Gasteiger partial charge in [0.15, 0.2) is 5.13 Å². The van der Waals surface area contributed by atoms with E-state index in [1.165, 1.54) is 16.9 Å². The van der Waals surface area contributed by atoms with Crippen molar-refractivity contribution in [1.29, 1.82) is 0 Å². The number of carboxylic acids is 1. The Balaban J connectivity index is 2.31. The molecule has 1 heterocycles. The highest BCUT2D eigenvalue weighted by molar-refractivity contribution is 7.17. The number of hydrogen-bond acceptors (Lipinski definition) is 4. The van der Waals surface area contributed by atoms with Crippen LogP contribution in [0.25, 0.3) is 0 Å². The van der Waals surface area contributed by atoms with Gasteiger partial charge in [0.2, 0.25) is 0 Å². The van der Waals surface area contributed by atoms with Crippen molar-refractivity contribution in [3.8, 4) is 0 Å². The van der Waals surface area contributed by atoms with Gasteiger partial charge in [-0.3, -0.25) is 0 Å². The summed E-state index contributed by atoms with van der Waals surface area (Å²) >= 11 is 1.18. The number of nitrogens with one attached hydrogen (secondary N) is 1. The Morgan fingerprint density at radius 1 is 1.42 bits per heavy atom. The highest BCUT2D eigenvalue weighted by atomic mass is 32.1. The second kappa shape index (κ2) is 5.40. The van der Waals surface area contributed by atoms with E-state index in [2.05, 4.69) is 16.4 Å². The molecule has 1 aromatic carbocycles. The minimum Gasteiger partial charge on any atom is -0.477 e. The number of anilines is 2. The van der Waals surface area contributed by atoms with E-state index in [9.17, 15) is 4.79 Å². The van der Waals surface area contributed by atoms with Gasteiger partial charge in [-0.05, 0) is 31.9 Å². The van der Waals surface area contributed by atoms with Crippen molar-refractivity contribution in [3.05, 3.63) is 39.9 Å². The average Bonchev–Trinajstić information content (AvgIpc) is 2.76. The number of hydrogen-bond donors (Lipinski definition) is 2. The molecule has 2 aromatic rings. The summed E-state index contributed by atoms with van der Waals surface area (Å²) < 4.78 is 0. The minimum absolute atomic E-state index is 0.315. The van der Waals surface area contributed by atoms with Gasteiger partial charge in [0.1, 0.15) is 4.88 Å². The van der Waals surface area contributed by atoms with Crippen LogP contribution in [0.15, 0.2) is 18.2 Å². The molecule has 0 atom stereocenters. The molecule has 0 saturated carbocycles. The lowest BCUT2D eigenvalue weighted by molar-refractivity contribution is 0.0701. The van der Waals surface area contributed by atoms with Crippen molar-refractivity contribution in [2.45, 2.75) is 27.2 Å². The fourth-order valence-electron chi connectivity index (χ4n) is 1.88. The van der Waals surface area contributed by atoms with Gasteiger partial charge in [0.25, 0.3) is 0 Å². The van der Waals surface area contributed by atoms with Crippen molar-refractivity contribution in [2.24, 2.45) is 0 Å². The summed E-state index contributed by atoms with van der Waals surface area (Å²) in [5, 5.41) is 12.9. The summed E-state index contributed by atoms with van der Waals surface area (Å²) in [5.74, 6) is -0.914. The maximum Gasteiger partial charge on any atom is 0.347 e. The largest absolute Gasteiger partial charge is 0.477 e. The van der Waals surface area contributed by atoms with Gasteiger partial charge in [-0.15, -0.1) is 0 Å². The first-order chi connectivity index (χ1) is 9.01. The number of thiazole rings is 1. The lowest BCUT2D eigenvalue weighted by Crippen LogP contribution is -1.97. The number of aromatic carboxylic acids is 1. The Morgan fingerprint density at radius 2 is 2.16 bits per heavy atom. The molecular formula is C14H16N2O2S. The molecule has 0 bridgehead atoms. The lowest BCUT2D eigenvalue weighted by Gasteiger charge is -2.07. The maximum absolute atomic E-state index is 11.1. The molecule has 2 N–H and O–H groups in total. The van der Waals surface area contributed by atoms with Gasteiger partial charge in [-0.25, -0.2) is 9.78 Å². The summed E-state index contributed by atoms with van der Waals surface area (Å²) in [4.78, 5) is 15.8. The van der Waals surface area contributed by atoms with Crippen LogP contribution in [0.3, 0.4) is 0 Å². The summed E-state index contributed by atoms with van der Waals surface area (Å²) in [5.41, 5.74) is 3.90. The standard InChI is InChI=1S/C14H16N2O2S/c1-4-10-12(13(17)18)19-14(15-10)16-11-6-5-8(2)7-9(11)3/h5-7H,4H2,1-3H3,(H,15,16)(H,17,18). The van der Waals surface area contributed by atoms with Crippen LogP contribution in [0, 0.1) is 13.8 Å². The van der Waals surface area contributed by atoms with Crippen LogP contribution in [-0.4, -0.2) is 16.1 Å². The van der Waals surface area contributed by atoms with Gasteiger partial charge in [0, 0.05) is 5.69 Å². The number of aromatic nitrogens is 1. The highest BCUT2D eigenvalue weighted by Crippen LogP contribution is 2.28. The highest BCUT2D eigenvalue weighted by Gasteiger charge is 2.16. The Labute approximate surface area is 116 Å². The van der Waals surface area contributed by atoms with E-state index in [4.69, 9.17) is 5.11 Å². The van der Waals surface area contributed by atoms with E-state index in [1.54, 1.807) is 0 Å². The molecule has 0 spiro atoms. The molecule has 0 amide bonds. The number of nitrogens with zero attached hydrogens (tertiary/aromatic N) is 1. The van der Waals surface area contributed by atoms with Crippen molar-refractivity contribution >= 4 is 28.1 Å². The SMILES string of the molecule is CCc1nc(Nc2ccc(C)cc2C)sc1C(=O)O.